The SMILES string of the molecule is N#[C][Fe].[Gd].[KH]. The Kier molecular flexibility index (Phi) is 49.4. The van der Waals surface area contributed by atoms with Crippen LogP contribution in [0.15, 0.2) is 0 Å². The third-order valence-electron chi connectivity index (χ3n) is 0. The van der Waals surface area contributed by atoms with Gasteiger partial charge in [-0.25, -0.2) is 0 Å². The van der Waals surface area contributed by atoms with Crippen LogP contribution in [0.2, 0.25) is 0 Å². The van der Waals surface area contributed by atoms with Crippen LogP contribution in [-0.4, -0.2) is 51.4 Å². The van der Waals surface area contributed by atoms with Crippen LogP contribution in [0.4, 0.5) is 0 Å². The Morgan fingerprint density at radius 1 is 1.60 bits per heavy atom. The molecule has 0 aromatic heterocycles. The molecule has 1 nitrogen and oxygen atoms in total. The second-order valence-corrected chi connectivity index (χ2v) is 0.326. The van der Waals surface area contributed by atoms with Crippen LogP contribution in [0.5, 0.6) is 0 Å². The van der Waals surface area contributed by atoms with Crippen LogP contribution >= 0.6 is 0 Å². The molecule has 0 atom stereocenters. The molecule has 4 heteroatoms. The zero-order valence-corrected chi connectivity index (χ0v) is 5.03. The van der Waals surface area contributed by atoms with Gasteiger partial charge in [-0.3, -0.25) is 0 Å². The molecule has 0 aliphatic carbocycles. The van der Waals surface area contributed by atoms with Crippen molar-refractivity contribution in [2.24, 2.45) is 0 Å². The molecule has 0 fully saturated rings. The van der Waals surface area contributed by atoms with Crippen molar-refractivity contribution in [3.63, 3.8) is 0 Å². The molecule has 0 bridgehead atoms. The van der Waals surface area contributed by atoms with Gasteiger partial charge in [0.2, 0.25) is 0 Å². The normalized spacial score (nSPS) is 1.60. The van der Waals surface area contributed by atoms with E-state index < -0.39 is 0 Å². The van der Waals surface area contributed by atoms with E-state index >= 15 is 0 Å². The van der Waals surface area contributed by atoms with E-state index in [-0.39, 0.29) is 91.3 Å². The molecule has 0 amide bonds. The van der Waals surface area contributed by atoms with Crippen molar-refractivity contribution in [3.8, 4) is 4.97 Å². The fourth-order valence-electron chi connectivity index (χ4n) is 0. The molecule has 0 heterocycles. The Labute approximate surface area is 114 Å². The number of nitrogens with zero attached hydrogens (tertiary/aromatic N) is 1. The average molecular weight is 279 g/mol. The number of hydrogen-bond acceptors (Lipinski definition) is 1. The topological polar surface area (TPSA) is 23.8 Å². The number of rotatable bonds is 0. The van der Waals surface area contributed by atoms with Gasteiger partial charge < -0.3 is 0 Å². The van der Waals surface area contributed by atoms with Gasteiger partial charge in [0.1, 0.15) is 0 Å². The van der Waals surface area contributed by atoms with Gasteiger partial charge in [0.25, 0.3) is 0 Å². The number of hydrogen-bond donors (Lipinski definition) is 0. The van der Waals surface area contributed by atoms with Crippen LogP contribution in [0, 0.1) is 50.2 Å². The van der Waals surface area contributed by atoms with Crippen molar-refractivity contribution in [3.05, 3.63) is 0 Å². The van der Waals surface area contributed by atoms with Crippen LogP contribution in [0.3, 0.4) is 0 Å². The van der Waals surface area contributed by atoms with Gasteiger partial charge in [0.05, 0.1) is 0 Å². The maximum atomic E-state index is 7.21. The molecule has 0 aromatic rings. The maximum absolute atomic E-state index is 7.21. The molecule has 0 aliphatic heterocycles. The summed E-state index contributed by atoms with van der Waals surface area (Å²) in [7, 11) is 0. The van der Waals surface area contributed by atoms with E-state index in [9.17, 15) is 0 Å². The van der Waals surface area contributed by atoms with Gasteiger partial charge in [0, 0.05) is 39.9 Å². The van der Waals surface area contributed by atoms with Gasteiger partial charge in [-0.15, -0.1) is 0 Å². The molecular formula is CHFeGdKN. The fourth-order valence-corrected chi connectivity index (χ4v) is 0. The van der Waals surface area contributed by atoms with Crippen molar-refractivity contribution in [1.29, 1.82) is 5.26 Å². The Balaban J connectivity index is -0.0000000200. The van der Waals surface area contributed by atoms with Crippen molar-refractivity contribution >= 4 is 51.4 Å². The summed E-state index contributed by atoms with van der Waals surface area (Å²) in [6.07, 6.45) is 0. The molecule has 0 spiro atoms. The van der Waals surface area contributed by atoms with Crippen LogP contribution in [0.1, 0.15) is 0 Å². The Bertz CT molecular complexity index is 33.1. The second kappa shape index (κ2) is 15.8. The quantitative estimate of drug-likeness (QED) is 0.542. The van der Waals surface area contributed by atoms with Gasteiger partial charge in [0.15, 0.2) is 0 Å². The summed E-state index contributed by atoms with van der Waals surface area (Å²) >= 11 is 2.79. The molecule has 0 aliphatic rings. The first-order chi connectivity index (χ1) is 1.41. The zero-order chi connectivity index (χ0) is 2.71. The predicted molar refractivity (Wildman–Crippen MR) is 12.8 cm³/mol. The molecule has 0 aromatic carbocycles. The van der Waals surface area contributed by atoms with Crippen molar-refractivity contribution < 1.29 is 56.0 Å². The zero-order valence-electron chi connectivity index (χ0n) is 1.65. The first-order valence-corrected chi connectivity index (χ1v) is 0.952. The molecule has 0 rings (SSSR count). The van der Waals surface area contributed by atoms with Gasteiger partial charge in [-0.1, -0.05) is 0 Å². The van der Waals surface area contributed by atoms with Crippen molar-refractivity contribution in [2.45, 2.75) is 0 Å². The minimum atomic E-state index is 0. The molecule has 0 N–H and O–H groups in total. The summed E-state index contributed by atoms with van der Waals surface area (Å²) in [5, 5.41) is 7.21. The van der Waals surface area contributed by atoms with Crippen LogP contribution in [0.25, 0.3) is 0 Å². The van der Waals surface area contributed by atoms with E-state index in [1.165, 1.54) is 4.97 Å². The van der Waals surface area contributed by atoms with E-state index in [1.54, 1.807) is 0 Å². The standard InChI is InChI=1S/CN.Fe.Gd.K.H/c1-2;;;;. The summed E-state index contributed by atoms with van der Waals surface area (Å²) in [6, 6.07) is 0. The monoisotopic (exact) mass is 280 g/mol. The molecule has 5 heavy (non-hydrogen) atoms. The van der Waals surface area contributed by atoms with Crippen LogP contribution < -0.4 is 0 Å². The molecule has 0 unspecified atom stereocenters. The molecule has 0 radical (unpaired) electrons. The first kappa shape index (κ1) is 15.7. The third kappa shape index (κ3) is 19.5. The van der Waals surface area contributed by atoms with Gasteiger partial charge in [-0.2, -0.15) is 0 Å². The Morgan fingerprint density at radius 2 is 1.60 bits per heavy atom. The van der Waals surface area contributed by atoms with Crippen LogP contribution in [-0.2, 0) is 16.0 Å². The van der Waals surface area contributed by atoms with Gasteiger partial charge in [-0.05, 0) is 0 Å². The molecule has 0 saturated carbocycles. The summed E-state index contributed by atoms with van der Waals surface area (Å²) in [5.41, 5.74) is 0. The average Bonchev–Trinajstić information content (AvgIpc) is 0.918. The van der Waals surface area contributed by atoms with Crippen molar-refractivity contribution in [1.82, 2.24) is 0 Å². The molecular weight excluding hydrogens is 278 g/mol. The van der Waals surface area contributed by atoms with E-state index in [4.69, 9.17) is 5.26 Å². The first-order valence-electron chi connectivity index (χ1n) is 0.400. The predicted octanol–water partition coefficient (Wildman–Crippen LogP) is -0.634. The molecule has 0 saturated heterocycles. The summed E-state index contributed by atoms with van der Waals surface area (Å²) in [5.74, 6) is 0. The minimum absolute atomic E-state index is 0. The third-order valence-corrected chi connectivity index (χ3v) is 0. The Hall–Kier alpha value is 2.97. The fraction of sp³-hybridized carbons (Fsp3) is 0. The van der Waals surface area contributed by atoms with Crippen molar-refractivity contribution in [2.75, 3.05) is 0 Å². The van der Waals surface area contributed by atoms with E-state index in [0.29, 0.717) is 0 Å². The number of nitriles is 1. The molecule has 27 valence electrons. The van der Waals surface area contributed by atoms with E-state index in [0.717, 1.165) is 0 Å². The second-order valence-electron chi connectivity index (χ2n) is 0.0791. The van der Waals surface area contributed by atoms with Gasteiger partial charge >= 0.3 is 77.6 Å². The summed E-state index contributed by atoms with van der Waals surface area (Å²) < 4.78 is 0. The summed E-state index contributed by atoms with van der Waals surface area (Å²) in [4.78, 5) is 1.50. The van der Waals surface area contributed by atoms with E-state index in [1.807, 2.05) is 0 Å². The Morgan fingerprint density at radius 3 is 1.60 bits per heavy atom. The summed E-state index contributed by atoms with van der Waals surface area (Å²) in [6.45, 7) is 0. The van der Waals surface area contributed by atoms with E-state index in [2.05, 4.69) is 16.0 Å².